The number of methoxy groups -OCH3 is 1. The van der Waals surface area contributed by atoms with Gasteiger partial charge in [0.25, 0.3) is 5.91 Å². The molecule has 1 aromatic rings. The van der Waals surface area contributed by atoms with Crippen molar-refractivity contribution in [1.29, 1.82) is 0 Å². The monoisotopic (exact) mass is 280 g/mol. The van der Waals surface area contributed by atoms with Gasteiger partial charge in [0.1, 0.15) is 5.75 Å². The molecule has 112 valence electrons. The Bertz CT molecular complexity index is 445. The van der Waals surface area contributed by atoms with E-state index in [1.165, 1.54) is 7.11 Å². The lowest BCUT2D eigenvalue weighted by atomic mass is 9.96. The zero-order chi connectivity index (χ0) is 15.1. The van der Waals surface area contributed by atoms with Gasteiger partial charge in [-0.05, 0) is 24.1 Å². The SMILES string of the molecule is CCC(CC)C(O)CNC(=O)c1cc(OC)ccc1N. The van der Waals surface area contributed by atoms with Crippen molar-refractivity contribution in [2.45, 2.75) is 32.8 Å². The molecular weight excluding hydrogens is 256 g/mol. The predicted molar refractivity (Wildman–Crippen MR) is 79.8 cm³/mol. The number of anilines is 1. The molecule has 0 radical (unpaired) electrons. The van der Waals surface area contributed by atoms with Gasteiger partial charge in [-0.2, -0.15) is 0 Å². The van der Waals surface area contributed by atoms with Crippen LogP contribution in [0.4, 0.5) is 5.69 Å². The standard InChI is InChI=1S/C15H24N2O3/c1-4-10(5-2)14(18)9-17-15(19)12-8-11(20-3)6-7-13(12)16/h6-8,10,14,18H,4-5,9,16H2,1-3H3,(H,17,19). The molecule has 20 heavy (non-hydrogen) atoms. The largest absolute Gasteiger partial charge is 0.497 e. The number of amides is 1. The molecule has 0 saturated heterocycles. The van der Waals surface area contributed by atoms with E-state index in [0.717, 1.165) is 12.8 Å². The Morgan fingerprint density at radius 1 is 1.40 bits per heavy atom. The van der Waals surface area contributed by atoms with Gasteiger partial charge in [0, 0.05) is 12.2 Å². The molecular formula is C15H24N2O3. The molecule has 0 aliphatic heterocycles. The van der Waals surface area contributed by atoms with Gasteiger partial charge in [-0.25, -0.2) is 0 Å². The number of rotatable bonds is 7. The number of hydrogen-bond acceptors (Lipinski definition) is 4. The van der Waals surface area contributed by atoms with E-state index in [9.17, 15) is 9.90 Å². The summed E-state index contributed by atoms with van der Waals surface area (Å²) in [6.07, 6.45) is 1.23. The van der Waals surface area contributed by atoms with Crippen LogP contribution in [-0.2, 0) is 0 Å². The van der Waals surface area contributed by atoms with Crippen molar-refractivity contribution in [2.24, 2.45) is 5.92 Å². The summed E-state index contributed by atoms with van der Waals surface area (Å²) >= 11 is 0. The second-order valence-electron chi connectivity index (χ2n) is 4.81. The molecule has 1 atom stereocenters. The Labute approximate surface area is 120 Å². The number of carbonyl (C=O) groups excluding carboxylic acids is 1. The molecule has 0 spiro atoms. The van der Waals surface area contributed by atoms with Crippen LogP contribution in [0.1, 0.15) is 37.0 Å². The van der Waals surface area contributed by atoms with Gasteiger partial charge < -0.3 is 20.9 Å². The highest BCUT2D eigenvalue weighted by Crippen LogP contribution is 2.19. The molecule has 0 aliphatic rings. The van der Waals surface area contributed by atoms with E-state index in [1.807, 2.05) is 13.8 Å². The molecule has 0 heterocycles. The molecule has 0 bridgehead atoms. The number of nitrogens with one attached hydrogen (secondary N) is 1. The van der Waals surface area contributed by atoms with Crippen LogP contribution in [0.15, 0.2) is 18.2 Å². The smallest absolute Gasteiger partial charge is 0.253 e. The number of aliphatic hydroxyl groups excluding tert-OH is 1. The average molecular weight is 280 g/mol. The van der Waals surface area contributed by atoms with Crippen LogP contribution in [0.3, 0.4) is 0 Å². The zero-order valence-electron chi connectivity index (χ0n) is 12.3. The molecule has 1 aromatic carbocycles. The molecule has 5 heteroatoms. The molecule has 0 aliphatic carbocycles. The van der Waals surface area contributed by atoms with E-state index in [0.29, 0.717) is 17.0 Å². The lowest BCUT2D eigenvalue weighted by Crippen LogP contribution is -2.36. The molecule has 1 unspecified atom stereocenters. The van der Waals surface area contributed by atoms with Crippen LogP contribution < -0.4 is 15.8 Å². The van der Waals surface area contributed by atoms with E-state index < -0.39 is 6.10 Å². The quantitative estimate of drug-likeness (QED) is 0.665. The molecule has 0 saturated carbocycles. The second kappa shape index (κ2) is 7.75. The first kappa shape index (κ1) is 16.3. The van der Waals surface area contributed by atoms with Crippen molar-refractivity contribution < 1.29 is 14.6 Å². The van der Waals surface area contributed by atoms with Crippen LogP contribution >= 0.6 is 0 Å². The van der Waals surface area contributed by atoms with Crippen LogP contribution in [-0.4, -0.2) is 30.8 Å². The Hall–Kier alpha value is -1.75. The molecule has 1 rings (SSSR count). The normalized spacial score (nSPS) is 12.2. The predicted octanol–water partition coefficient (Wildman–Crippen LogP) is 1.80. The van der Waals surface area contributed by atoms with Crippen LogP contribution in [0.5, 0.6) is 5.75 Å². The Kier molecular flexibility index (Phi) is 6.31. The highest BCUT2D eigenvalue weighted by molar-refractivity contribution is 5.99. The summed E-state index contributed by atoms with van der Waals surface area (Å²) in [4.78, 5) is 12.1. The number of benzene rings is 1. The summed E-state index contributed by atoms with van der Waals surface area (Å²) in [5, 5.41) is 12.7. The highest BCUT2D eigenvalue weighted by atomic mass is 16.5. The van der Waals surface area contributed by atoms with Gasteiger partial charge in [0.15, 0.2) is 0 Å². The fourth-order valence-electron chi connectivity index (χ4n) is 2.15. The van der Waals surface area contributed by atoms with Gasteiger partial charge in [-0.15, -0.1) is 0 Å². The molecule has 0 aromatic heterocycles. The maximum Gasteiger partial charge on any atom is 0.253 e. The zero-order valence-corrected chi connectivity index (χ0v) is 12.3. The fraction of sp³-hybridized carbons (Fsp3) is 0.533. The Morgan fingerprint density at radius 3 is 2.60 bits per heavy atom. The van der Waals surface area contributed by atoms with E-state index in [2.05, 4.69) is 5.32 Å². The number of aliphatic hydroxyl groups is 1. The minimum atomic E-state index is -0.541. The van der Waals surface area contributed by atoms with Crippen molar-refractivity contribution >= 4 is 11.6 Å². The third-order valence-electron chi connectivity index (χ3n) is 3.57. The summed E-state index contributed by atoms with van der Waals surface area (Å²) in [5.74, 6) is 0.467. The first-order chi connectivity index (χ1) is 9.53. The van der Waals surface area contributed by atoms with E-state index in [1.54, 1.807) is 18.2 Å². The lowest BCUT2D eigenvalue weighted by molar-refractivity contribution is 0.0817. The van der Waals surface area contributed by atoms with Gasteiger partial charge in [-0.3, -0.25) is 4.79 Å². The van der Waals surface area contributed by atoms with Gasteiger partial charge >= 0.3 is 0 Å². The Balaban J connectivity index is 2.67. The summed E-state index contributed by atoms with van der Waals surface area (Å²) in [6, 6.07) is 4.92. The number of ether oxygens (including phenoxy) is 1. The van der Waals surface area contributed by atoms with Crippen molar-refractivity contribution in [2.75, 3.05) is 19.4 Å². The van der Waals surface area contributed by atoms with Gasteiger partial charge in [-0.1, -0.05) is 26.7 Å². The molecule has 0 fully saturated rings. The Morgan fingerprint density at radius 2 is 2.05 bits per heavy atom. The summed E-state index contributed by atoms with van der Waals surface area (Å²) in [7, 11) is 1.53. The maximum absolute atomic E-state index is 12.1. The summed E-state index contributed by atoms with van der Waals surface area (Å²) in [5.41, 5.74) is 6.54. The minimum Gasteiger partial charge on any atom is -0.497 e. The summed E-state index contributed by atoms with van der Waals surface area (Å²) in [6.45, 7) is 4.28. The van der Waals surface area contributed by atoms with Crippen molar-refractivity contribution in [3.05, 3.63) is 23.8 Å². The average Bonchev–Trinajstić information content (AvgIpc) is 2.46. The van der Waals surface area contributed by atoms with E-state index >= 15 is 0 Å². The first-order valence-electron chi connectivity index (χ1n) is 6.93. The van der Waals surface area contributed by atoms with Crippen molar-refractivity contribution in [3.63, 3.8) is 0 Å². The van der Waals surface area contributed by atoms with Gasteiger partial charge in [0.05, 0.1) is 18.8 Å². The number of nitrogens with two attached hydrogens (primary N) is 1. The number of nitrogen functional groups attached to an aromatic ring is 1. The number of carbonyl (C=O) groups is 1. The number of hydrogen-bond donors (Lipinski definition) is 3. The third kappa shape index (κ3) is 4.13. The molecule has 5 nitrogen and oxygen atoms in total. The highest BCUT2D eigenvalue weighted by Gasteiger charge is 2.17. The maximum atomic E-state index is 12.1. The first-order valence-corrected chi connectivity index (χ1v) is 6.93. The van der Waals surface area contributed by atoms with Crippen LogP contribution in [0.25, 0.3) is 0 Å². The van der Waals surface area contributed by atoms with Gasteiger partial charge in [0.2, 0.25) is 0 Å². The van der Waals surface area contributed by atoms with Crippen molar-refractivity contribution in [1.82, 2.24) is 5.32 Å². The van der Waals surface area contributed by atoms with Crippen LogP contribution in [0, 0.1) is 5.92 Å². The second-order valence-corrected chi connectivity index (χ2v) is 4.81. The van der Waals surface area contributed by atoms with Crippen LogP contribution in [0.2, 0.25) is 0 Å². The van der Waals surface area contributed by atoms with E-state index in [-0.39, 0.29) is 18.4 Å². The summed E-state index contributed by atoms with van der Waals surface area (Å²) < 4.78 is 5.07. The molecule has 4 N–H and O–H groups in total. The van der Waals surface area contributed by atoms with Crippen molar-refractivity contribution in [3.8, 4) is 5.75 Å². The molecule has 1 amide bonds. The minimum absolute atomic E-state index is 0.193. The lowest BCUT2D eigenvalue weighted by Gasteiger charge is -2.20. The topological polar surface area (TPSA) is 84.6 Å². The fourth-order valence-corrected chi connectivity index (χ4v) is 2.15. The van der Waals surface area contributed by atoms with E-state index in [4.69, 9.17) is 10.5 Å². The third-order valence-corrected chi connectivity index (χ3v) is 3.57.